The lowest BCUT2D eigenvalue weighted by Crippen LogP contribution is -2.24. The van der Waals surface area contributed by atoms with Gasteiger partial charge in [-0.2, -0.15) is 5.10 Å². The highest BCUT2D eigenvalue weighted by Gasteiger charge is 2.07. The monoisotopic (exact) mass is 432 g/mol. The standard InChI is InChI=1S/C26H28N2O4/c1-4-30-25-15-22(11-13-24(25)31-17-21-8-6-5-7-9-21)16-27-28-26(29)18-32-23-12-10-19(2)14-20(23)3/h5-16H,4,17-18H2,1-3H3,(H,28,29)/b27-16+. The summed E-state index contributed by atoms with van der Waals surface area (Å²) in [7, 11) is 0. The molecule has 0 aliphatic heterocycles. The van der Waals surface area contributed by atoms with Crippen molar-refractivity contribution in [2.75, 3.05) is 13.2 Å². The summed E-state index contributed by atoms with van der Waals surface area (Å²) in [4.78, 5) is 12.0. The van der Waals surface area contributed by atoms with E-state index in [1.807, 2.05) is 87.5 Å². The molecule has 0 bridgehead atoms. The fraction of sp³-hybridized carbons (Fsp3) is 0.231. The van der Waals surface area contributed by atoms with Gasteiger partial charge in [0.1, 0.15) is 12.4 Å². The van der Waals surface area contributed by atoms with E-state index < -0.39 is 0 Å². The molecule has 6 heteroatoms. The van der Waals surface area contributed by atoms with Gasteiger partial charge in [-0.3, -0.25) is 4.79 Å². The van der Waals surface area contributed by atoms with E-state index in [0.29, 0.717) is 30.5 Å². The van der Waals surface area contributed by atoms with Gasteiger partial charge in [0.25, 0.3) is 5.91 Å². The van der Waals surface area contributed by atoms with E-state index in [4.69, 9.17) is 14.2 Å². The van der Waals surface area contributed by atoms with Crippen molar-refractivity contribution in [2.24, 2.45) is 5.10 Å². The molecule has 32 heavy (non-hydrogen) atoms. The van der Waals surface area contributed by atoms with Crippen molar-refractivity contribution in [3.63, 3.8) is 0 Å². The minimum atomic E-state index is -0.339. The second-order valence-electron chi connectivity index (χ2n) is 7.26. The first-order valence-corrected chi connectivity index (χ1v) is 10.5. The van der Waals surface area contributed by atoms with E-state index >= 15 is 0 Å². The summed E-state index contributed by atoms with van der Waals surface area (Å²) < 4.78 is 17.2. The fourth-order valence-electron chi connectivity index (χ4n) is 3.04. The molecule has 0 unspecified atom stereocenters. The van der Waals surface area contributed by atoms with Gasteiger partial charge in [0.15, 0.2) is 18.1 Å². The molecule has 0 radical (unpaired) electrons. The molecule has 0 atom stereocenters. The lowest BCUT2D eigenvalue weighted by atomic mass is 10.1. The zero-order valence-electron chi connectivity index (χ0n) is 18.6. The lowest BCUT2D eigenvalue weighted by Gasteiger charge is -2.12. The first-order valence-electron chi connectivity index (χ1n) is 10.5. The van der Waals surface area contributed by atoms with Crippen LogP contribution in [0.4, 0.5) is 0 Å². The molecule has 0 aliphatic rings. The Labute approximate surface area is 188 Å². The Bertz CT molecular complexity index is 1060. The van der Waals surface area contributed by atoms with Crippen molar-refractivity contribution in [2.45, 2.75) is 27.4 Å². The van der Waals surface area contributed by atoms with Gasteiger partial charge in [0, 0.05) is 0 Å². The van der Waals surface area contributed by atoms with Crippen LogP contribution < -0.4 is 19.6 Å². The number of carbonyl (C=O) groups is 1. The first-order chi connectivity index (χ1) is 15.5. The van der Waals surface area contributed by atoms with Gasteiger partial charge in [0.2, 0.25) is 0 Å². The third-order valence-corrected chi connectivity index (χ3v) is 4.60. The Morgan fingerprint density at radius 2 is 1.69 bits per heavy atom. The molecule has 0 aliphatic carbocycles. The van der Waals surface area contributed by atoms with Crippen LogP contribution in [0.2, 0.25) is 0 Å². The summed E-state index contributed by atoms with van der Waals surface area (Å²) in [5.41, 5.74) is 6.46. The van der Waals surface area contributed by atoms with Gasteiger partial charge in [0.05, 0.1) is 12.8 Å². The number of hydrogen-bond acceptors (Lipinski definition) is 5. The van der Waals surface area contributed by atoms with Gasteiger partial charge in [-0.1, -0.05) is 48.0 Å². The summed E-state index contributed by atoms with van der Waals surface area (Å²) >= 11 is 0. The Balaban J connectivity index is 1.55. The molecule has 3 rings (SSSR count). The molecule has 1 N–H and O–H groups in total. The summed E-state index contributed by atoms with van der Waals surface area (Å²) in [6.45, 7) is 6.72. The van der Waals surface area contributed by atoms with Crippen LogP contribution in [0.25, 0.3) is 0 Å². The van der Waals surface area contributed by atoms with Crippen molar-refractivity contribution < 1.29 is 19.0 Å². The zero-order chi connectivity index (χ0) is 22.8. The van der Waals surface area contributed by atoms with Gasteiger partial charge in [-0.25, -0.2) is 5.43 Å². The average Bonchev–Trinajstić information content (AvgIpc) is 2.79. The van der Waals surface area contributed by atoms with Gasteiger partial charge < -0.3 is 14.2 Å². The number of aryl methyl sites for hydroxylation is 2. The maximum Gasteiger partial charge on any atom is 0.277 e. The smallest absolute Gasteiger partial charge is 0.277 e. The number of nitrogens with one attached hydrogen (secondary N) is 1. The van der Waals surface area contributed by atoms with E-state index in [9.17, 15) is 4.79 Å². The number of nitrogens with zero attached hydrogens (tertiary/aromatic N) is 1. The average molecular weight is 433 g/mol. The number of carbonyl (C=O) groups excluding carboxylic acids is 1. The van der Waals surface area contributed by atoms with Crippen molar-refractivity contribution in [1.82, 2.24) is 5.43 Å². The Hall–Kier alpha value is -3.80. The molecule has 3 aromatic rings. The predicted molar refractivity (Wildman–Crippen MR) is 126 cm³/mol. The van der Waals surface area contributed by atoms with Crippen LogP contribution >= 0.6 is 0 Å². The second kappa shape index (κ2) is 11.6. The van der Waals surface area contributed by atoms with E-state index in [2.05, 4.69) is 10.5 Å². The normalized spacial score (nSPS) is 10.7. The number of hydrazone groups is 1. The maximum absolute atomic E-state index is 12.0. The second-order valence-corrected chi connectivity index (χ2v) is 7.26. The van der Waals surface area contributed by atoms with Crippen LogP contribution in [0.3, 0.4) is 0 Å². The summed E-state index contributed by atoms with van der Waals surface area (Å²) in [6, 6.07) is 21.3. The molecular formula is C26H28N2O4. The highest BCUT2D eigenvalue weighted by Crippen LogP contribution is 2.29. The number of amides is 1. The Morgan fingerprint density at radius 3 is 2.44 bits per heavy atom. The molecule has 1 amide bonds. The topological polar surface area (TPSA) is 69.2 Å². The third-order valence-electron chi connectivity index (χ3n) is 4.60. The number of benzene rings is 3. The Morgan fingerprint density at radius 1 is 0.906 bits per heavy atom. The SMILES string of the molecule is CCOc1cc(/C=N/NC(=O)COc2ccc(C)cc2C)ccc1OCc1ccccc1. The van der Waals surface area contributed by atoms with Crippen LogP contribution in [0, 0.1) is 13.8 Å². The van der Waals surface area contributed by atoms with Crippen LogP contribution in [0.15, 0.2) is 71.8 Å². The molecule has 0 saturated carbocycles. The van der Waals surface area contributed by atoms with E-state index in [-0.39, 0.29) is 12.5 Å². The lowest BCUT2D eigenvalue weighted by molar-refractivity contribution is -0.123. The number of hydrogen-bond donors (Lipinski definition) is 1. The van der Waals surface area contributed by atoms with Gasteiger partial charge in [-0.15, -0.1) is 0 Å². The highest BCUT2D eigenvalue weighted by molar-refractivity contribution is 5.83. The predicted octanol–water partition coefficient (Wildman–Crippen LogP) is 4.81. The minimum Gasteiger partial charge on any atom is -0.490 e. The largest absolute Gasteiger partial charge is 0.490 e. The van der Waals surface area contributed by atoms with Crippen LogP contribution in [-0.4, -0.2) is 25.3 Å². The van der Waals surface area contributed by atoms with Crippen molar-refractivity contribution >= 4 is 12.1 Å². The maximum atomic E-state index is 12.0. The quantitative estimate of drug-likeness (QED) is 0.369. The van der Waals surface area contributed by atoms with Crippen molar-refractivity contribution in [3.05, 3.63) is 89.0 Å². The molecule has 3 aromatic carbocycles. The fourth-order valence-corrected chi connectivity index (χ4v) is 3.04. The molecule has 0 fully saturated rings. The third kappa shape index (κ3) is 6.87. The highest BCUT2D eigenvalue weighted by atomic mass is 16.5. The summed E-state index contributed by atoms with van der Waals surface area (Å²) in [5.74, 6) is 1.62. The van der Waals surface area contributed by atoms with Crippen LogP contribution in [0.5, 0.6) is 17.2 Å². The van der Waals surface area contributed by atoms with E-state index in [1.165, 1.54) is 0 Å². The minimum absolute atomic E-state index is 0.113. The van der Waals surface area contributed by atoms with Crippen molar-refractivity contribution in [3.8, 4) is 17.2 Å². The van der Waals surface area contributed by atoms with Gasteiger partial charge >= 0.3 is 0 Å². The molecule has 0 heterocycles. The molecule has 166 valence electrons. The molecule has 6 nitrogen and oxygen atoms in total. The van der Waals surface area contributed by atoms with E-state index in [1.54, 1.807) is 6.21 Å². The van der Waals surface area contributed by atoms with Crippen LogP contribution in [0.1, 0.15) is 29.2 Å². The summed E-state index contributed by atoms with van der Waals surface area (Å²) in [6.07, 6.45) is 1.55. The zero-order valence-corrected chi connectivity index (χ0v) is 18.6. The molecule has 0 aromatic heterocycles. The number of ether oxygens (including phenoxy) is 3. The molecule has 0 saturated heterocycles. The van der Waals surface area contributed by atoms with E-state index in [0.717, 1.165) is 22.3 Å². The van der Waals surface area contributed by atoms with Crippen molar-refractivity contribution in [1.29, 1.82) is 0 Å². The van der Waals surface area contributed by atoms with Gasteiger partial charge in [-0.05, 0) is 61.7 Å². The summed E-state index contributed by atoms with van der Waals surface area (Å²) in [5, 5.41) is 4.01. The number of rotatable bonds is 10. The molecule has 0 spiro atoms. The Kier molecular flexibility index (Phi) is 8.26. The van der Waals surface area contributed by atoms with Crippen LogP contribution in [-0.2, 0) is 11.4 Å². The molecular weight excluding hydrogens is 404 g/mol. The first kappa shape index (κ1) is 22.9.